The molecular weight excluding hydrogens is 507 g/mol. The molecule has 0 spiro atoms. The molecule has 10 nitrogen and oxygen atoms in total. The van der Waals surface area contributed by atoms with Gasteiger partial charge in [0.25, 0.3) is 5.91 Å². The number of amides is 1. The lowest BCUT2D eigenvalue weighted by molar-refractivity contribution is -0.201. The number of halogens is 6. The van der Waals surface area contributed by atoms with Gasteiger partial charge in [-0.15, -0.1) is 5.10 Å². The van der Waals surface area contributed by atoms with E-state index in [0.29, 0.717) is 0 Å². The zero-order valence-electron chi connectivity index (χ0n) is 16.8. The average Bonchev–Trinajstić information content (AvgIpc) is 3.38. The predicted octanol–water partition coefficient (Wildman–Crippen LogP) is 3.62. The van der Waals surface area contributed by atoms with Gasteiger partial charge in [-0.25, -0.2) is 14.3 Å². The van der Waals surface area contributed by atoms with Gasteiger partial charge in [-0.05, 0) is 24.3 Å². The molecule has 182 valence electrons. The van der Waals surface area contributed by atoms with Crippen molar-refractivity contribution in [3.8, 4) is 17.0 Å². The number of benzene rings is 1. The topological polar surface area (TPSA) is 113 Å². The summed E-state index contributed by atoms with van der Waals surface area (Å²) in [6, 6.07) is 4.95. The standard InChI is InChI=1S/C19H10ClF5N6O4/c20-9-2-3-13(34-18(21)22)10(6-9)14-12(8-31(29-14)35-17(33)19(23,24)25)28-16(32)11-7-27-30-5-1-4-26-15(11)30/h1-8,18H,(H,28,32). The number of nitrogens with zero attached hydrogens (tertiary/aromatic N) is 5. The molecule has 0 saturated heterocycles. The first-order valence-electron chi connectivity index (χ1n) is 9.26. The minimum absolute atomic E-state index is 0.0209. The summed E-state index contributed by atoms with van der Waals surface area (Å²) >= 11 is 5.94. The Morgan fingerprint density at radius 2 is 1.97 bits per heavy atom. The summed E-state index contributed by atoms with van der Waals surface area (Å²) in [5.41, 5.74) is -0.857. The van der Waals surface area contributed by atoms with Gasteiger partial charge in [0.05, 0.1) is 18.1 Å². The highest BCUT2D eigenvalue weighted by Crippen LogP contribution is 2.37. The molecule has 4 aromatic rings. The number of nitrogens with one attached hydrogen (secondary N) is 1. The van der Waals surface area contributed by atoms with Crippen LogP contribution in [0.2, 0.25) is 5.02 Å². The normalized spacial score (nSPS) is 11.6. The van der Waals surface area contributed by atoms with Crippen LogP contribution in [-0.2, 0) is 4.79 Å². The van der Waals surface area contributed by atoms with Crippen LogP contribution in [-0.4, -0.2) is 49.2 Å². The average molecular weight is 517 g/mol. The molecule has 0 atom stereocenters. The van der Waals surface area contributed by atoms with Crippen LogP contribution in [0, 0.1) is 0 Å². The van der Waals surface area contributed by atoms with E-state index in [1.807, 2.05) is 0 Å². The number of carbonyl (C=O) groups is 2. The van der Waals surface area contributed by atoms with Crippen molar-refractivity contribution in [3.63, 3.8) is 0 Å². The molecule has 1 amide bonds. The molecule has 0 radical (unpaired) electrons. The molecule has 3 heterocycles. The maximum absolute atomic E-state index is 12.9. The Kier molecular flexibility index (Phi) is 6.26. The molecular formula is C19H10ClF5N6O4. The number of carbonyl (C=O) groups excluding carboxylic acids is 2. The summed E-state index contributed by atoms with van der Waals surface area (Å²) in [6.45, 7) is -3.28. The van der Waals surface area contributed by atoms with Crippen molar-refractivity contribution in [2.45, 2.75) is 12.8 Å². The van der Waals surface area contributed by atoms with Crippen LogP contribution in [0.15, 0.2) is 49.1 Å². The van der Waals surface area contributed by atoms with Gasteiger partial charge in [0.15, 0.2) is 5.65 Å². The van der Waals surface area contributed by atoms with Crippen molar-refractivity contribution in [2.24, 2.45) is 0 Å². The van der Waals surface area contributed by atoms with Crippen LogP contribution in [0.4, 0.5) is 27.6 Å². The predicted molar refractivity (Wildman–Crippen MR) is 108 cm³/mol. The molecule has 3 aromatic heterocycles. The van der Waals surface area contributed by atoms with E-state index in [1.54, 1.807) is 6.07 Å². The Morgan fingerprint density at radius 1 is 1.20 bits per heavy atom. The van der Waals surface area contributed by atoms with Gasteiger partial charge in [-0.1, -0.05) is 16.4 Å². The number of aromatic nitrogens is 5. The highest BCUT2D eigenvalue weighted by molar-refractivity contribution is 6.31. The summed E-state index contributed by atoms with van der Waals surface area (Å²) in [6.07, 6.45) is -0.551. The Hall–Kier alpha value is -4.27. The van der Waals surface area contributed by atoms with Crippen LogP contribution in [0.5, 0.6) is 5.75 Å². The van der Waals surface area contributed by atoms with Crippen LogP contribution >= 0.6 is 11.6 Å². The van der Waals surface area contributed by atoms with Gasteiger partial charge < -0.3 is 14.9 Å². The number of alkyl halides is 5. The van der Waals surface area contributed by atoms with Crippen molar-refractivity contribution in [1.29, 1.82) is 0 Å². The summed E-state index contributed by atoms with van der Waals surface area (Å²) < 4.78 is 69.5. The molecule has 1 aromatic carbocycles. The lowest BCUT2D eigenvalue weighted by atomic mass is 10.1. The maximum Gasteiger partial charge on any atom is 0.493 e. The SMILES string of the molecule is O=C(Nc1cn(OC(=O)C(F)(F)F)nc1-c1cc(Cl)ccc1OC(F)F)c1cnn2cccnc12. The third-order valence-electron chi connectivity index (χ3n) is 4.29. The van der Waals surface area contributed by atoms with Crippen LogP contribution in [0.1, 0.15) is 10.4 Å². The summed E-state index contributed by atoms with van der Waals surface area (Å²) in [5, 5.41) is 10.0. The molecule has 1 N–H and O–H groups in total. The highest BCUT2D eigenvalue weighted by Gasteiger charge is 2.42. The van der Waals surface area contributed by atoms with E-state index >= 15 is 0 Å². The monoisotopic (exact) mass is 516 g/mol. The van der Waals surface area contributed by atoms with Crippen LogP contribution in [0.3, 0.4) is 0 Å². The first kappa shape index (κ1) is 23.9. The quantitative estimate of drug-likeness (QED) is 0.390. The highest BCUT2D eigenvalue weighted by atomic mass is 35.5. The molecule has 0 aliphatic rings. The largest absolute Gasteiger partial charge is 0.493 e. The van der Waals surface area contributed by atoms with Crippen molar-refractivity contribution in [3.05, 3.63) is 59.6 Å². The lowest BCUT2D eigenvalue weighted by Crippen LogP contribution is -2.33. The molecule has 0 fully saturated rings. The van der Waals surface area contributed by atoms with Gasteiger partial charge in [0.1, 0.15) is 17.0 Å². The molecule has 0 aliphatic carbocycles. The lowest BCUT2D eigenvalue weighted by Gasteiger charge is -2.11. The smallest absolute Gasteiger partial charge is 0.434 e. The van der Waals surface area contributed by atoms with E-state index < -0.39 is 36.1 Å². The van der Waals surface area contributed by atoms with E-state index in [4.69, 9.17) is 11.6 Å². The fourth-order valence-electron chi connectivity index (χ4n) is 2.89. The zero-order chi connectivity index (χ0) is 25.3. The van der Waals surface area contributed by atoms with Crippen LogP contribution < -0.4 is 14.9 Å². The Bertz CT molecular complexity index is 1420. The number of fused-ring (bicyclic) bond motifs is 1. The van der Waals surface area contributed by atoms with Gasteiger partial charge >= 0.3 is 18.8 Å². The molecule has 0 aliphatic heterocycles. The first-order chi connectivity index (χ1) is 16.5. The zero-order valence-corrected chi connectivity index (χ0v) is 17.6. The Balaban J connectivity index is 1.78. The number of rotatable bonds is 6. The number of ether oxygens (including phenoxy) is 1. The molecule has 0 saturated carbocycles. The van der Waals surface area contributed by atoms with E-state index in [1.165, 1.54) is 29.2 Å². The second-order valence-electron chi connectivity index (χ2n) is 6.59. The minimum atomic E-state index is -5.36. The second kappa shape index (κ2) is 9.17. The molecule has 0 unspecified atom stereocenters. The molecule has 16 heteroatoms. The third-order valence-corrected chi connectivity index (χ3v) is 4.52. The van der Waals surface area contributed by atoms with Gasteiger partial charge in [0.2, 0.25) is 0 Å². The van der Waals surface area contributed by atoms with Crippen molar-refractivity contribution >= 4 is 34.8 Å². The fourth-order valence-corrected chi connectivity index (χ4v) is 3.06. The number of hydrogen-bond acceptors (Lipinski definition) is 7. The Morgan fingerprint density at radius 3 is 2.69 bits per heavy atom. The Labute approximate surface area is 195 Å². The van der Waals surface area contributed by atoms with E-state index in [-0.39, 0.29) is 32.3 Å². The van der Waals surface area contributed by atoms with Gasteiger partial charge in [-0.2, -0.15) is 27.1 Å². The summed E-state index contributed by atoms with van der Waals surface area (Å²) in [7, 11) is 0. The van der Waals surface area contributed by atoms with Gasteiger partial charge in [0, 0.05) is 23.0 Å². The first-order valence-corrected chi connectivity index (χ1v) is 9.64. The van der Waals surface area contributed by atoms with E-state index in [2.05, 4.69) is 30.1 Å². The number of hydrogen-bond donors (Lipinski definition) is 1. The van der Waals surface area contributed by atoms with Gasteiger partial charge in [-0.3, -0.25) is 4.79 Å². The number of anilines is 1. The summed E-state index contributed by atoms with van der Waals surface area (Å²) in [5.74, 6) is -3.92. The van der Waals surface area contributed by atoms with Crippen LogP contribution in [0.25, 0.3) is 16.9 Å². The van der Waals surface area contributed by atoms with E-state index in [0.717, 1.165) is 18.3 Å². The van der Waals surface area contributed by atoms with Crippen molar-refractivity contribution in [2.75, 3.05) is 5.32 Å². The van der Waals surface area contributed by atoms with Crippen molar-refractivity contribution < 1.29 is 41.1 Å². The molecule has 0 bridgehead atoms. The fraction of sp³-hybridized carbons (Fsp3) is 0.105. The summed E-state index contributed by atoms with van der Waals surface area (Å²) in [4.78, 5) is 32.4. The second-order valence-corrected chi connectivity index (χ2v) is 7.03. The van der Waals surface area contributed by atoms with E-state index in [9.17, 15) is 31.5 Å². The maximum atomic E-state index is 12.9. The van der Waals surface area contributed by atoms with Crippen molar-refractivity contribution in [1.82, 2.24) is 24.5 Å². The third kappa shape index (κ3) is 5.13. The molecule has 4 rings (SSSR count). The minimum Gasteiger partial charge on any atom is -0.434 e. The molecule has 35 heavy (non-hydrogen) atoms.